The predicted molar refractivity (Wildman–Crippen MR) is 110 cm³/mol. The number of carbonyl (C=O) groups excluding carboxylic acids is 2. The molecule has 0 saturated heterocycles. The predicted octanol–water partition coefficient (Wildman–Crippen LogP) is 4.93. The summed E-state index contributed by atoms with van der Waals surface area (Å²) in [5.74, 6) is -0.513. The Kier molecular flexibility index (Phi) is 5.95. The van der Waals surface area contributed by atoms with Gasteiger partial charge in [0.15, 0.2) is 15.9 Å². The smallest absolute Gasteiger partial charge is 0.210 e. The molecule has 28 heavy (non-hydrogen) atoms. The molecule has 0 aliphatic heterocycles. The van der Waals surface area contributed by atoms with Gasteiger partial charge in [-0.25, -0.2) is 4.39 Å². The lowest BCUT2D eigenvalue weighted by molar-refractivity contribution is 0.0988. The number of Topliss-reactive ketones (excluding diaryl/α,β-unsaturated/α-hetero) is 2. The first-order valence-corrected chi connectivity index (χ1v) is 10.2. The van der Waals surface area contributed by atoms with Crippen molar-refractivity contribution in [1.82, 2.24) is 15.2 Å². The molecule has 146 valence electrons. The summed E-state index contributed by atoms with van der Waals surface area (Å²) < 4.78 is 13.9. The fraction of sp³-hybridized carbons (Fsp3) is 0.263. The molecule has 2 aromatic heterocycles. The van der Waals surface area contributed by atoms with E-state index in [2.05, 4.69) is 20.5 Å². The number of aromatic nitrogens is 3. The lowest BCUT2D eigenvalue weighted by atomic mass is 10.0. The molecule has 3 rings (SSSR count). The lowest BCUT2D eigenvalue weighted by Gasteiger charge is -2.07. The van der Waals surface area contributed by atoms with Gasteiger partial charge in [0.25, 0.3) is 0 Å². The number of thioether (sulfide) groups is 1. The minimum atomic E-state index is -0.411. The first-order chi connectivity index (χ1) is 13.3. The van der Waals surface area contributed by atoms with E-state index < -0.39 is 5.25 Å². The number of ketones is 2. The Morgan fingerprint density at radius 1 is 1.29 bits per heavy atom. The Balaban J connectivity index is 1.71. The van der Waals surface area contributed by atoms with Crippen LogP contribution in [0.3, 0.4) is 0 Å². The maximum absolute atomic E-state index is 13.3. The van der Waals surface area contributed by atoms with Crippen LogP contribution in [-0.4, -0.2) is 32.0 Å². The largest absolute Gasteiger partial charge is 0.355 e. The van der Waals surface area contributed by atoms with E-state index in [9.17, 15) is 14.0 Å². The number of halogens is 1. The monoisotopic (exact) mass is 418 g/mol. The van der Waals surface area contributed by atoms with Gasteiger partial charge in [0.2, 0.25) is 5.13 Å². The quantitative estimate of drug-likeness (QED) is 0.418. The van der Waals surface area contributed by atoms with Crippen LogP contribution < -0.4 is 5.32 Å². The van der Waals surface area contributed by atoms with Gasteiger partial charge in [-0.1, -0.05) is 29.2 Å². The second kappa shape index (κ2) is 8.24. The van der Waals surface area contributed by atoms with Crippen molar-refractivity contribution in [2.24, 2.45) is 0 Å². The van der Waals surface area contributed by atoms with Gasteiger partial charge in [0, 0.05) is 16.9 Å². The molecule has 1 atom stereocenters. The van der Waals surface area contributed by atoms with E-state index in [1.54, 1.807) is 32.9 Å². The summed E-state index contributed by atoms with van der Waals surface area (Å²) in [5, 5.41) is 11.2. The molecule has 0 unspecified atom stereocenters. The molecule has 0 aliphatic carbocycles. The van der Waals surface area contributed by atoms with Crippen molar-refractivity contribution in [2.45, 2.75) is 37.3 Å². The Labute approximate surface area is 170 Å². The molecule has 2 heterocycles. The van der Waals surface area contributed by atoms with Crippen molar-refractivity contribution >= 4 is 45.5 Å². The zero-order chi connectivity index (χ0) is 20.4. The van der Waals surface area contributed by atoms with Crippen molar-refractivity contribution in [3.05, 3.63) is 52.6 Å². The van der Waals surface area contributed by atoms with Crippen LogP contribution in [0.1, 0.15) is 46.0 Å². The van der Waals surface area contributed by atoms with Crippen molar-refractivity contribution in [3.8, 4) is 0 Å². The summed E-state index contributed by atoms with van der Waals surface area (Å²) in [6, 6.07) is 6.06. The summed E-state index contributed by atoms with van der Waals surface area (Å²) in [7, 11) is 0. The van der Waals surface area contributed by atoms with Gasteiger partial charge in [-0.2, -0.15) is 0 Å². The first kappa shape index (κ1) is 20.2. The number of aryl methyl sites for hydroxylation is 1. The van der Waals surface area contributed by atoms with Gasteiger partial charge in [-0.05, 0) is 51.5 Å². The van der Waals surface area contributed by atoms with E-state index in [0.29, 0.717) is 37.7 Å². The normalized spacial score (nSPS) is 12.0. The SMILES string of the molecule is CC(=O)c1c(C)[nH]c(C(=O)[C@@H](C)Sc2nnc(Nc3cccc(F)c3)s2)c1C. The third kappa shape index (κ3) is 4.31. The topological polar surface area (TPSA) is 87.7 Å². The highest BCUT2D eigenvalue weighted by Gasteiger charge is 2.25. The minimum absolute atomic E-state index is 0.0669. The van der Waals surface area contributed by atoms with Crippen molar-refractivity contribution < 1.29 is 14.0 Å². The number of carbonyl (C=O) groups is 2. The second-order valence-electron chi connectivity index (χ2n) is 6.31. The fourth-order valence-electron chi connectivity index (χ4n) is 2.93. The Morgan fingerprint density at radius 2 is 2.04 bits per heavy atom. The first-order valence-electron chi connectivity index (χ1n) is 8.53. The molecular formula is C19H19FN4O2S2. The van der Waals surface area contributed by atoms with Gasteiger partial charge in [-0.15, -0.1) is 10.2 Å². The van der Waals surface area contributed by atoms with Crippen molar-refractivity contribution in [1.29, 1.82) is 0 Å². The van der Waals surface area contributed by atoms with Crippen molar-refractivity contribution in [2.75, 3.05) is 5.32 Å². The van der Waals surface area contributed by atoms with Crippen LogP contribution in [-0.2, 0) is 0 Å². The van der Waals surface area contributed by atoms with Gasteiger partial charge >= 0.3 is 0 Å². The molecule has 0 amide bonds. The number of H-pyrrole nitrogens is 1. The van der Waals surface area contributed by atoms with Gasteiger partial charge in [-0.3, -0.25) is 9.59 Å². The average Bonchev–Trinajstić information content (AvgIpc) is 3.17. The molecule has 0 radical (unpaired) electrons. The summed E-state index contributed by atoms with van der Waals surface area (Å²) in [6.45, 7) is 6.84. The average molecular weight is 419 g/mol. The number of anilines is 2. The highest BCUT2D eigenvalue weighted by atomic mass is 32.2. The van der Waals surface area contributed by atoms with E-state index >= 15 is 0 Å². The zero-order valence-corrected chi connectivity index (χ0v) is 17.4. The molecule has 0 bridgehead atoms. The molecule has 0 spiro atoms. The van der Waals surface area contributed by atoms with Gasteiger partial charge in [0.05, 0.1) is 10.9 Å². The van der Waals surface area contributed by atoms with E-state index in [4.69, 9.17) is 0 Å². The number of hydrogen-bond donors (Lipinski definition) is 2. The summed E-state index contributed by atoms with van der Waals surface area (Å²) in [4.78, 5) is 27.6. The number of benzene rings is 1. The van der Waals surface area contributed by atoms with Crippen LogP contribution >= 0.6 is 23.1 Å². The molecule has 9 heteroatoms. The van der Waals surface area contributed by atoms with Crippen LogP contribution in [0.2, 0.25) is 0 Å². The molecule has 3 aromatic rings. The molecule has 0 saturated carbocycles. The standard InChI is InChI=1S/C19H19FN4O2S2/c1-9-15(11(3)25)10(2)21-16(9)17(26)12(4)27-19-24-23-18(28-19)22-14-7-5-6-13(20)8-14/h5-8,12,21H,1-4H3,(H,22,23)/t12-/m1/s1. The molecular weight excluding hydrogens is 399 g/mol. The molecule has 1 aromatic carbocycles. The number of aromatic amines is 1. The maximum atomic E-state index is 13.3. The summed E-state index contributed by atoms with van der Waals surface area (Å²) >= 11 is 2.57. The maximum Gasteiger partial charge on any atom is 0.210 e. The van der Waals surface area contributed by atoms with Crippen molar-refractivity contribution in [3.63, 3.8) is 0 Å². The Morgan fingerprint density at radius 3 is 2.68 bits per heavy atom. The highest BCUT2D eigenvalue weighted by Crippen LogP contribution is 2.32. The number of rotatable bonds is 7. The molecule has 0 fully saturated rings. The molecule has 0 aliphatic rings. The minimum Gasteiger partial charge on any atom is -0.355 e. The van der Waals surface area contributed by atoms with E-state index in [1.165, 1.54) is 42.2 Å². The number of nitrogens with zero attached hydrogens (tertiary/aromatic N) is 2. The van der Waals surface area contributed by atoms with E-state index in [-0.39, 0.29) is 17.4 Å². The summed E-state index contributed by atoms with van der Waals surface area (Å²) in [5.41, 5.74) is 2.96. The van der Waals surface area contributed by atoms with Crippen LogP contribution in [0.5, 0.6) is 0 Å². The summed E-state index contributed by atoms with van der Waals surface area (Å²) in [6.07, 6.45) is 0. The third-order valence-corrected chi connectivity index (χ3v) is 6.19. The number of nitrogens with one attached hydrogen (secondary N) is 2. The zero-order valence-electron chi connectivity index (χ0n) is 15.8. The van der Waals surface area contributed by atoms with Crippen LogP contribution in [0.15, 0.2) is 28.6 Å². The van der Waals surface area contributed by atoms with Gasteiger partial charge in [0.1, 0.15) is 5.82 Å². The lowest BCUT2D eigenvalue weighted by Crippen LogP contribution is -2.15. The fourth-order valence-corrected chi connectivity index (χ4v) is 4.91. The third-order valence-electron chi connectivity index (χ3n) is 4.17. The second-order valence-corrected chi connectivity index (χ2v) is 8.88. The van der Waals surface area contributed by atoms with E-state index in [1.807, 2.05) is 0 Å². The van der Waals surface area contributed by atoms with Crippen LogP contribution in [0, 0.1) is 19.7 Å². The Hall–Kier alpha value is -2.52. The van der Waals surface area contributed by atoms with Crippen LogP contribution in [0.4, 0.5) is 15.2 Å². The number of hydrogen-bond acceptors (Lipinski definition) is 7. The van der Waals surface area contributed by atoms with Crippen LogP contribution in [0.25, 0.3) is 0 Å². The van der Waals surface area contributed by atoms with Gasteiger partial charge < -0.3 is 10.3 Å². The van der Waals surface area contributed by atoms with E-state index in [0.717, 1.165) is 0 Å². The highest BCUT2D eigenvalue weighted by molar-refractivity contribution is 8.02. The molecule has 6 nitrogen and oxygen atoms in total. The Bertz CT molecular complexity index is 1040. The molecule has 2 N–H and O–H groups in total.